The molecule has 47 heavy (non-hydrogen) atoms. The van der Waals surface area contributed by atoms with Crippen molar-refractivity contribution in [2.24, 2.45) is 0 Å². The minimum Gasteiger partial charge on any atom is -0.461 e. The maximum atomic E-state index is 13.6. The summed E-state index contributed by atoms with van der Waals surface area (Å²) >= 11 is 12.4. The Kier molecular flexibility index (Phi) is 10.8. The van der Waals surface area contributed by atoms with Crippen LogP contribution in [0.25, 0.3) is 16.6 Å². The molecule has 1 heterocycles. The molecular formula is C34H36Cl2N4O7. The first kappa shape index (κ1) is 35.2. The number of rotatable bonds is 9. The second kappa shape index (κ2) is 14.4. The largest absolute Gasteiger partial charge is 0.461 e. The van der Waals surface area contributed by atoms with Crippen molar-refractivity contribution in [2.45, 2.75) is 65.3 Å². The van der Waals surface area contributed by atoms with Gasteiger partial charge in [0.2, 0.25) is 0 Å². The van der Waals surface area contributed by atoms with Crippen molar-refractivity contribution in [1.82, 2.24) is 19.8 Å². The molecule has 1 aromatic heterocycles. The number of nitrogens with zero attached hydrogens (tertiary/aromatic N) is 2. The van der Waals surface area contributed by atoms with Gasteiger partial charge in [0.25, 0.3) is 11.5 Å². The van der Waals surface area contributed by atoms with E-state index >= 15 is 0 Å². The van der Waals surface area contributed by atoms with Crippen molar-refractivity contribution in [2.75, 3.05) is 7.05 Å². The third kappa shape index (κ3) is 8.81. The molecule has 4 aromatic rings. The Morgan fingerprint density at radius 2 is 1.57 bits per heavy atom. The Morgan fingerprint density at radius 3 is 2.17 bits per heavy atom. The van der Waals surface area contributed by atoms with Crippen molar-refractivity contribution in [3.63, 3.8) is 0 Å². The Labute approximate surface area is 281 Å². The highest BCUT2D eigenvalue weighted by Gasteiger charge is 2.26. The van der Waals surface area contributed by atoms with E-state index in [0.717, 1.165) is 4.57 Å². The van der Waals surface area contributed by atoms with E-state index in [2.05, 4.69) is 10.3 Å². The van der Waals surface area contributed by atoms with Gasteiger partial charge in [-0.25, -0.2) is 19.0 Å². The number of esters is 1. The standard InChI is InChI=1S/C34H36Cl2N4O7/c1-19(2)46-31(43)27(37-29(41)28-24(35)8-7-9-25(28)36)17-20-10-13-22(14-11-20)40-30(42)23-16-21(12-15-26(23)38-32(40)44)18-39(6)33(45)47-34(3,4)5/h7-16,19,27H,17-18H2,1-6H3,(H,37,41)(H,38,44)/t27-/m0/s1. The third-order valence-electron chi connectivity index (χ3n) is 6.85. The lowest BCUT2D eigenvalue weighted by Crippen LogP contribution is -2.44. The molecule has 248 valence electrons. The second-order valence-corrected chi connectivity index (χ2v) is 13.1. The zero-order valence-corrected chi connectivity index (χ0v) is 28.4. The summed E-state index contributed by atoms with van der Waals surface area (Å²) in [4.78, 5) is 69.2. The second-order valence-electron chi connectivity index (χ2n) is 12.3. The van der Waals surface area contributed by atoms with Crippen LogP contribution in [-0.2, 0) is 27.2 Å². The predicted molar refractivity (Wildman–Crippen MR) is 181 cm³/mol. The summed E-state index contributed by atoms with van der Waals surface area (Å²) in [5.74, 6) is -1.30. The molecule has 0 fully saturated rings. The number of aromatic amines is 1. The van der Waals surface area contributed by atoms with E-state index in [-0.39, 0.29) is 39.6 Å². The van der Waals surface area contributed by atoms with E-state index in [1.807, 2.05) is 0 Å². The molecule has 4 rings (SSSR count). The topological polar surface area (TPSA) is 140 Å². The highest BCUT2D eigenvalue weighted by atomic mass is 35.5. The molecule has 3 aromatic carbocycles. The number of hydrogen-bond donors (Lipinski definition) is 2. The van der Waals surface area contributed by atoms with Crippen molar-refractivity contribution >= 4 is 52.1 Å². The quantitative estimate of drug-likeness (QED) is 0.218. The summed E-state index contributed by atoms with van der Waals surface area (Å²) < 4.78 is 11.8. The fourth-order valence-corrected chi connectivity index (χ4v) is 5.31. The maximum Gasteiger partial charge on any atom is 0.410 e. The van der Waals surface area contributed by atoms with Gasteiger partial charge in [0, 0.05) is 20.0 Å². The average Bonchev–Trinajstić information content (AvgIpc) is 2.96. The summed E-state index contributed by atoms with van der Waals surface area (Å²) in [6.07, 6.45) is -0.904. The van der Waals surface area contributed by atoms with Crippen LogP contribution in [0.15, 0.2) is 70.3 Å². The lowest BCUT2D eigenvalue weighted by Gasteiger charge is -2.24. The number of nitrogens with one attached hydrogen (secondary N) is 2. The monoisotopic (exact) mass is 682 g/mol. The van der Waals surface area contributed by atoms with Crippen LogP contribution in [0, 0.1) is 0 Å². The van der Waals surface area contributed by atoms with E-state index < -0.39 is 47.0 Å². The summed E-state index contributed by atoms with van der Waals surface area (Å²) in [5.41, 5.74) is 0.0803. The van der Waals surface area contributed by atoms with Gasteiger partial charge in [-0.05, 0) is 82.1 Å². The van der Waals surface area contributed by atoms with E-state index in [9.17, 15) is 24.0 Å². The van der Waals surface area contributed by atoms with Crippen molar-refractivity contribution in [3.05, 3.63) is 108 Å². The molecule has 1 atom stereocenters. The first-order chi connectivity index (χ1) is 22.0. The molecule has 0 bridgehead atoms. The number of ether oxygens (including phenoxy) is 2. The molecule has 2 N–H and O–H groups in total. The first-order valence-corrected chi connectivity index (χ1v) is 15.6. The average molecular weight is 684 g/mol. The fraction of sp³-hybridized carbons (Fsp3) is 0.324. The van der Waals surface area contributed by atoms with Gasteiger partial charge in [0.15, 0.2) is 0 Å². The molecule has 0 aliphatic carbocycles. The van der Waals surface area contributed by atoms with Crippen LogP contribution in [0.4, 0.5) is 4.79 Å². The fourth-order valence-electron chi connectivity index (χ4n) is 4.74. The van der Waals surface area contributed by atoms with Crippen LogP contribution in [0.2, 0.25) is 10.0 Å². The van der Waals surface area contributed by atoms with Crippen LogP contribution >= 0.6 is 23.2 Å². The number of halogens is 2. The van der Waals surface area contributed by atoms with Crippen molar-refractivity contribution in [1.29, 1.82) is 0 Å². The van der Waals surface area contributed by atoms with Crippen LogP contribution in [-0.4, -0.2) is 57.2 Å². The van der Waals surface area contributed by atoms with Gasteiger partial charge < -0.3 is 24.7 Å². The Hall–Kier alpha value is -4.61. The number of benzene rings is 3. The van der Waals surface area contributed by atoms with E-state index in [4.69, 9.17) is 32.7 Å². The van der Waals surface area contributed by atoms with Crippen molar-refractivity contribution in [3.8, 4) is 5.69 Å². The lowest BCUT2D eigenvalue weighted by molar-refractivity contribution is -0.149. The summed E-state index contributed by atoms with van der Waals surface area (Å²) in [6, 6.07) is 14.9. The number of hydrogen-bond acceptors (Lipinski definition) is 7. The molecule has 13 heteroatoms. The number of carbonyl (C=O) groups excluding carboxylic acids is 3. The first-order valence-electron chi connectivity index (χ1n) is 14.8. The summed E-state index contributed by atoms with van der Waals surface area (Å²) in [6.45, 7) is 8.88. The van der Waals surface area contributed by atoms with Gasteiger partial charge in [0.1, 0.15) is 11.6 Å². The van der Waals surface area contributed by atoms with Crippen LogP contribution in [0.1, 0.15) is 56.1 Å². The predicted octanol–water partition coefficient (Wildman–Crippen LogP) is 5.65. The van der Waals surface area contributed by atoms with Gasteiger partial charge >= 0.3 is 17.8 Å². The van der Waals surface area contributed by atoms with Crippen molar-refractivity contribution < 1.29 is 23.9 Å². The minimum atomic E-state index is -1.09. The summed E-state index contributed by atoms with van der Waals surface area (Å²) in [5, 5.41) is 3.17. The number of amides is 2. The highest BCUT2D eigenvalue weighted by molar-refractivity contribution is 6.39. The Balaban J connectivity index is 1.60. The maximum absolute atomic E-state index is 13.6. The molecule has 0 spiro atoms. The molecule has 0 saturated heterocycles. The molecule has 0 unspecified atom stereocenters. The molecule has 2 amide bonds. The highest BCUT2D eigenvalue weighted by Crippen LogP contribution is 2.24. The van der Waals surface area contributed by atoms with Gasteiger partial charge in [-0.15, -0.1) is 0 Å². The van der Waals surface area contributed by atoms with Gasteiger partial charge in [0.05, 0.1) is 38.3 Å². The van der Waals surface area contributed by atoms with Crippen LogP contribution in [0.3, 0.4) is 0 Å². The lowest BCUT2D eigenvalue weighted by atomic mass is 10.0. The zero-order valence-electron chi connectivity index (χ0n) is 26.9. The zero-order chi connectivity index (χ0) is 34.6. The SMILES string of the molecule is CC(C)OC(=O)[C@H](Cc1ccc(-n2c(=O)[nH]c3ccc(CN(C)C(=O)OC(C)(C)C)cc3c2=O)cc1)NC(=O)c1c(Cl)cccc1Cl. The number of carbonyl (C=O) groups is 3. The third-order valence-corrected chi connectivity index (χ3v) is 7.48. The van der Waals surface area contributed by atoms with Gasteiger partial charge in [-0.2, -0.15) is 0 Å². The van der Waals surface area contributed by atoms with Crippen LogP contribution in [0.5, 0.6) is 0 Å². The van der Waals surface area contributed by atoms with Gasteiger partial charge in [-0.1, -0.05) is 47.5 Å². The van der Waals surface area contributed by atoms with Gasteiger partial charge in [-0.3, -0.25) is 9.59 Å². The van der Waals surface area contributed by atoms with E-state index in [1.165, 1.54) is 17.0 Å². The Bertz CT molecular complexity index is 1910. The molecule has 0 aliphatic heterocycles. The molecular weight excluding hydrogens is 647 g/mol. The van der Waals surface area contributed by atoms with E-state index in [1.54, 1.807) is 90.2 Å². The van der Waals surface area contributed by atoms with Crippen LogP contribution < -0.4 is 16.6 Å². The number of H-pyrrole nitrogens is 1. The molecule has 0 saturated carbocycles. The molecule has 11 nitrogen and oxygen atoms in total. The summed E-state index contributed by atoms with van der Waals surface area (Å²) in [7, 11) is 1.59. The smallest absolute Gasteiger partial charge is 0.410 e. The minimum absolute atomic E-state index is 0.0306. The molecule has 0 radical (unpaired) electrons. The molecule has 0 aliphatic rings. The number of aromatic nitrogens is 2. The normalized spacial score (nSPS) is 12.1. The number of fused-ring (bicyclic) bond motifs is 1. The Morgan fingerprint density at radius 1 is 0.957 bits per heavy atom. The van der Waals surface area contributed by atoms with E-state index in [0.29, 0.717) is 16.6 Å².